The van der Waals surface area contributed by atoms with Gasteiger partial charge in [0, 0.05) is 12.6 Å². The van der Waals surface area contributed by atoms with E-state index in [1.165, 1.54) is 30.6 Å². The molecule has 0 amide bonds. The third kappa shape index (κ3) is 3.11. The zero-order valence-electron chi connectivity index (χ0n) is 13.9. The summed E-state index contributed by atoms with van der Waals surface area (Å²) in [4.78, 5) is 4.97. The Morgan fingerprint density at radius 2 is 1.75 bits per heavy atom. The topological polar surface area (TPSA) is 18.5 Å². The Bertz CT molecular complexity index is 678. The molecular weight excluding hydrogens is 301 g/mol. The molecule has 2 aliphatic rings. The van der Waals surface area contributed by atoms with E-state index in [1.54, 1.807) is 12.1 Å². The van der Waals surface area contributed by atoms with Gasteiger partial charge in [0.2, 0.25) is 0 Å². The Hall–Kier alpha value is -2.07. The van der Waals surface area contributed by atoms with Crippen LogP contribution in [0.15, 0.2) is 48.5 Å². The summed E-state index contributed by atoms with van der Waals surface area (Å²) in [7, 11) is 0. The van der Waals surface area contributed by atoms with E-state index in [0.29, 0.717) is 6.04 Å². The van der Waals surface area contributed by atoms with Gasteiger partial charge in [-0.05, 0) is 62.2 Å². The average molecular weight is 325 g/mol. The van der Waals surface area contributed by atoms with E-state index < -0.39 is 0 Å². The van der Waals surface area contributed by atoms with Crippen molar-refractivity contribution < 1.29 is 4.39 Å². The Kier molecular flexibility index (Phi) is 4.39. The van der Waals surface area contributed by atoms with Gasteiger partial charge in [0.05, 0.1) is 18.0 Å². The number of nitrogens with one attached hydrogen (secondary N) is 1. The molecule has 2 aromatic carbocycles. The maximum Gasteiger partial charge on any atom is 0.123 e. The van der Waals surface area contributed by atoms with Crippen LogP contribution in [0.25, 0.3) is 0 Å². The Labute approximate surface area is 143 Å². The molecule has 0 bridgehead atoms. The van der Waals surface area contributed by atoms with Crippen LogP contribution < -0.4 is 15.1 Å². The molecule has 2 aliphatic heterocycles. The van der Waals surface area contributed by atoms with Gasteiger partial charge in [-0.3, -0.25) is 0 Å². The molecule has 2 heterocycles. The van der Waals surface area contributed by atoms with Gasteiger partial charge >= 0.3 is 0 Å². The molecule has 0 radical (unpaired) electrons. The molecule has 1 unspecified atom stereocenters. The number of benzene rings is 2. The zero-order chi connectivity index (χ0) is 16.4. The molecule has 1 saturated heterocycles. The van der Waals surface area contributed by atoms with Crippen LogP contribution in [-0.2, 0) is 6.54 Å². The molecule has 0 aromatic heterocycles. The summed E-state index contributed by atoms with van der Waals surface area (Å²) in [6.07, 6.45) is 3.67. The highest BCUT2D eigenvalue weighted by Gasteiger charge is 2.30. The molecule has 126 valence electrons. The fraction of sp³-hybridized carbons (Fsp3) is 0.400. The summed E-state index contributed by atoms with van der Waals surface area (Å²) < 4.78 is 13.2. The van der Waals surface area contributed by atoms with Crippen molar-refractivity contribution in [1.82, 2.24) is 5.32 Å². The minimum Gasteiger partial charge on any atom is -0.349 e. The molecule has 3 nitrogen and oxygen atoms in total. The Morgan fingerprint density at radius 3 is 2.58 bits per heavy atom. The first-order valence-corrected chi connectivity index (χ1v) is 8.87. The summed E-state index contributed by atoms with van der Waals surface area (Å²) in [5.41, 5.74) is 3.78. The molecule has 4 heteroatoms. The molecule has 1 fully saturated rings. The molecule has 1 atom stereocenters. The van der Waals surface area contributed by atoms with E-state index in [2.05, 4.69) is 39.4 Å². The molecule has 24 heavy (non-hydrogen) atoms. The number of para-hydroxylation sites is 2. The number of hydrogen-bond donors (Lipinski definition) is 1. The Balaban J connectivity index is 1.57. The first-order chi connectivity index (χ1) is 11.8. The molecule has 1 N–H and O–H groups in total. The van der Waals surface area contributed by atoms with Gasteiger partial charge in [0.15, 0.2) is 0 Å². The zero-order valence-corrected chi connectivity index (χ0v) is 13.9. The van der Waals surface area contributed by atoms with Gasteiger partial charge in [0.25, 0.3) is 0 Å². The van der Waals surface area contributed by atoms with Crippen molar-refractivity contribution in [3.8, 4) is 0 Å². The molecule has 2 aromatic rings. The first-order valence-electron chi connectivity index (χ1n) is 8.87. The number of anilines is 2. The summed E-state index contributed by atoms with van der Waals surface area (Å²) in [6.45, 7) is 3.97. The normalized spacial score (nSPS) is 20.8. The van der Waals surface area contributed by atoms with Gasteiger partial charge in [-0.25, -0.2) is 4.39 Å². The molecular formula is C20H24FN3. The van der Waals surface area contributed by atoms with Crippen molar-refractivity contribution >= 4 is 11.4 Å². The van der Waals surface area contributed by atoms with E-state index in [4.69, 9.17) is 0 Å². The van der Waals surface area contributed by atoms with Crippen molar-refractivity contribution in [2.24, 2.45) is 0 Å². The van der Waals surface area contributed by atoms with Crippen LogP contribution in [0.4, 0.5) is 15.8 Å². The van der Waals surface area contributed by atoms with Crippen molar-refractivity contribution in [3.63, 3.8) is 0 Å². The maximum atomic E-state index is 13.2. The number of hydrogen-bond acceptors (Lipinski definition) is 3. The van der Waals surface area contributed by atoms with Crippen LogP contribution >= 0.6 is 0 Å². The van der Waals surface area contributed by atoms with E-state index in [0.717, 1.165) is 31.9 Å². The Morgan fingerprint density at radius 1 is 0.958 bits per heavy atom. The van der Waals surface area contributed by atoms with Gasteiger partial charge in [-0.1, -0.05) is 24.3 Å². The quantitative estimate of drug-likeness (QED) is 0.927. The van der Waals surface area contributed by atoms with Crippen LogP contribution in [0.2, 0.25) is 0 Å². The van der Waals surface area contributed by atoms with Crippen molar-refractivity contribution in [2.75, 3.05) is 29.6 Å². The largest absolute Gasteiger partial charge is 0.349 e. The predicted octanol–water partition coefficient (Wildman–Crippen LogP) is 3.75. The van der Waals surface area contributed by atoms with Crippen LogP contribution in [0.5, 0.6) is 0 Å². The lowest BCUT2D eigenvalue weighted by atomic mass is 10.1. The second kappa shape index (κ2) is 6.81. The van der Waals surface area contributed by atoms with Gasteiger partial charge in [-0.15, -0.1) is 0 Å². The summed E-state index contributed by atoms with van der Waals surface area (Å²) in [6, 6.07) is 16.1. The van der Waals surface area contributed by atoms with Crippen molar-refractivity contribution in [2.45, 2.75) is 31.8 Å². The van der Waals surface area contributed by atoms with Gasteiger partial charge < -0.3 is 15.1 Å². The monoisotopic (exact) mass is 325 g/mol. The number of halogens is 1. The average Bonchev–Trinajstić information content (AvgIpc) is 2.79. The fourth-order valence-electron chi connectivity index (χ4n) is 3.88. The first kappa shape index (κ1) is 15.5. The second-order valence-corrected chi connectivity index (χ2v) is 6.76. The molecule has 0 saturated carbocycles. The third-order valence-electron chi connectivity index (χ3n) is 5.13. The summed E-state index contributed by atoms with van der Waals surface area (Å²) >= 11 is 0. The van der Waals surface area contributed by atoms with E-state index >= 15 is 0 Å². The van der Waals surface area contributed by atoms with Crippen LogP contribution in [0.3, 0.4) is 0 Å². The molecule has 0 aliphatic carbocycles. The van der Waals surface area contributed by atoms with Crippen molar-refractivity contribution in [1.29, 1.82) is 0 Å². The lowest BCUT2D eigenvalue weighted by Gasteiger charge is -2.29. The summed E-state index contributed by atoms with van der Waals surface area (Å²) in [5.74, 6) is -0.173. The fourth-order valence-corrected chi connectivity index (χ4v) is 3.88. The van der Waals surface area contributed by atoms with Gasteiger partial charge in [-0.2, -0.15) is 0 Å². The van der Waals surface area contributed by atoms with E-state index in [9.17, 15) is 4.39 Å². The highest BCUT2D eigenvalue weighted by atomic mass is 19.1. The van der Waals surface area contributed by atoms with Crippen LogP contribution in [0.1, 0.15) is 24.8 Å². The highest BCUT2D eigenvalue weighted by Crippen LogP contribution is 2.39. The number of nitrogens with zero attached hydrogens (tertiary/aromatic N) is 2. The van der Waals surface area contributed by atoms with Crippen molar-refractivity contribution in [3.05, 3.63) is 59.9 Å². The number of fused-ring (bicyclic) bond motifs is 1. The lowest BCUT2D eigenvalue weighted by molar-refractivity contribution is 0.542. The molecule has 4 rings (SSSR count). The SMILES string of the molecule is Fc1ccc(CN2CN(C3CCCNCC3)c3ccccc32)cc1. The smallest absolute Gasteiger partial charge is 0.123 e. The lowest BCUT2D eigenvalue weighted by Crippen LogP contribution is -2.39. The minimum absolute atomic E-state index is 0.173. The third-order valence-corrected chi connectivity index (χ3v) is 5.13. The standard InChI is InChI=1S/C20H24FN3/c21-17-9-7-16(8-10-17)14-23-15-24(18-4-3-12-22-13-11-18)20-6-2-1-5-19(20)23/h1-2,5-10,18,22H,3-4,11-15H2. The highest BCUT2D eigenvalue weighted by molar-refractivity contribution is 5.76. The minimum atomic E-state index is -0.173. The van der Waals surface area contributed by atoms with Gasteiger partial charge in [0.1, 0.15) is 5.82 Å². The predicted molar refractivity (Wildman–Crippen MR) is 96.9 cm³/mol. The van der Waals surface area contributed by atoms with Crippen LogP contribution in [-0.4, -0.2) is 25.8 Å². The molecule has 0 spiro atoms. The maximum absolute atomic E-state index is 13.2. The van der Waals surface area contributed by atoms with Crippen LogP contribution in [0, 0.1) is 5.82 Å². The van der Waals surface area contributed by atoms with E-state index in [1.807, 2.05) is 12.1 Å². The van der Waals surface area contributed by atoms with E-state index in [-0.39, 0.29) is 5.82 Å². The second-order valence-electron chi connectivity index (χ2n) is 6.76. The summed E-state index contributed by atoms with van der Waals surface area (Å²) in [5, 5.41) is 3.51. The number of rotatable bonds is 3.